The summed E-state index contributed by atoms with van der Waals surface area (Å²) >= 11 is 0. The molecule has 20 heavy (non-hydrogen) atoms. The molecule has 2 bridgehead atoms. The minimum atomic E-state index is 0. The third-order valence-corrected chi connectivity index (χ3v) is 4.51. The first-order valence-electron chi connectivity index (χ1n) is 8.05. The highest BCUT2D eigenvalue weighted by Gasteiger charge is 2.41. The Morgan fingerprint density at radius 3 is 2.70 bits per heavy atom. The predicted molar refractivity (Wildman–Crippen MR) is 92.8 cm³/mol. The molecule has 1 aliphatic carbocycles. The summed E-state index contributed by atoms with van der Waals surface area (Å²) in [6.45, 7) is 4.00. The monoisotopic (exact) mass is 393 g/mol. The molecular formula is C15H28IN3O. The van der Waals surface area contributed by atoms with Gasteiger partial charge < -0.3 is 15.4 Å². The number of rotatable bonds is 6. The van der Waals surface area contributed by atoms with Gasteiger partial charge in [-0.05, 0) is 44.9 Å². The molecule has 4 nitrogen and oxygen atoms in total. The summed E-state index contributed by atoms with van der Waals surface area (Å²) in [4.78, 5) is 4.70. The number of hydrogen-bond acceptors (Lipinski definition) is 2. The average molecular weight is 393 g/mol. The maximum Gasteiger partial charge on any atom is 0.191 e. The van der Waals surface area contributed by atoms with Crippen LogP contribution in [0.5, 0.6) is 0 Å². The number of hydrogen-bond donors (Lipinski definition) is 2. The first kappa shape index (κ1) is 16.3. The third kappa shape index (κ3) is 4.48. The SMILES string of the molecule is CCNC(=NCCCC1CC1)NC1CC2CCC1O2.I. The highest BCUT2D eigenvalue weighted by atomic mass is 127. The lowest BCUT2D eigenvalue weighted by molar-refractivity contribution is 0.0992. The van der Waals surface area contributed by atoms with Crippen molar-refractivity contribution < 1.29 is 4.74 Å². The van der Waals surface area contributed by atoms with Gasteiger partial charge in [0.15, 0.2) is 5.96 Å². The molecule has 2 aliphatic heterocycles. The van der Waals surface area contributed by atoms with Crippen molar-refractivity contribution in [2.24, 2.45) is 10.9 Å². The van der Waals surface area contributed by atoms with E-state index in [0.717, 1.165) is 31.4 Å². The van der Waals surface area contributed by atoms with Gasteiger partial charge in [-0.3, -0.25) is 4.99 Å². The summed E-state index contributed by atoms with van der Waals surface area (Å²) in [7, 11) is 0. The van der Waals surface area contributed by atoms with Gasteiger partial charge >= 0.3 is 0 Å². The average Bonchev–Trinajstić information content (AvgIpc) is 3.00. The molecule has 0 amide bonds. The fraction of sp³-hybridized carbons (Fsp3) is 0.933. The van der Waals surface area contributed by atoms with Gasteiger partial charge in [0.1, 0.15) is 0 Å². The predicted octanol–water partition coefficient (Wildman–Crippen LogP) is 2.67. The highest BCUT2D eigenvalue weighted by Crippen LogP contribution is 2.34. The Morgan fingerprint density at radius 1 is 1.25 bits per heavy atom. The van der Waals surface area contributed by atoms with E-state index in [1.807, 2.05) is 0 Å². The molecular weight excluding hydrogens is 365 g/mol. The number of nitrogens with zero attached hydrogens (tertiary/aromatic N) is 1. The van der Waals surface area contributed by atoms with Gasteiger partial charge in [-0.25, -0.2) is 0 Å². The highest BCUT2D eigenvalue weighted by molar-refractivity contribution is 14.0. The van der Waals surface area contributed by atoms with Crippen LogP contribution in [0.4, 0.5) is 0 Å². The van der Waals surface area contributed by atoms with Gasteiger partial charge in [0, 0.05) is 13.1 Å². The Bertz CT molecular complexity index is 333. The van der Waals surface area contributed by atoms with E-state index in [1.165, 1.54) is 38.5 Å². The second-order valence-electron chi connectivity index (χ2n) is 6.21. The standard InChI is InChI=1S/C15H27N3O.HI/c1-2-16-15(17-9-3-4-11-5-6-11)18-13-10-12-7-8-14(13)19-12;/h11-14H,2-10H2,1H3,(H2,16,17,18);1H. The number of ether oxygens (including phenoxy) is 1. The Kier molecular flexibility index (Phi) is 6.39. The van der Waals surface area contributed by atoms with Crippen molar-refractivity contribution in [3.8, 4) is 0 Å². The van der Waals surface area contributed by atoms with Crippen LogP contribution in [0.1, 0.15) is 51.9 Å². The Balaban J connectivity index is 0.00000147. The van der Waals surface area contributed by atoms with E-state index in [0.29, 0.717) is 18.2 Å². The number of aliphatic imine (C=N–C) groups is 1. The molecule has 2 N–H and O–H groups in total. The van der Waals surface area contributed by atoms with E-state index in [2.05, 4.69) is 17.6 Å². The fourth-order valence-corrected chi connectivity index (χ4v) is 3.26. The van der Waals surface area contributed by atoms with Crippen molar-refractivity contribution in [1.82, 2.24) is 10.6 Å². The van der Waals surface area contributed by atoms with Crippen molar-refractivity contribution in [2.45, 2.75) is 70.1 Å². The first-order valence-corrected chi connectivity index (χ1v) is 8.05. The summed E-state index contributed by atoms with van der Waals surface area (Å²) < 4.78 is 5.88. The fourth-order valence-electron chi connectivity index (χ4n) is 3.26. The Morgan fingerprint density at radius 2 is 2.10 bits per heavy atom. The lowest BCUT2D eigenvalue weighted by Crippen LogP contribution is -2.47. The van der Waals surface area contributed by atoms with Crippen LogP contribution >= 0.6 is 24.0 Å². The second kappa shape index (κ2) is 7.82. The lowest BCUT2D eigenvalue weighted by atomic mass is 9.96. The summed E-state index contributed by atoms with van der Waals surface area (Å²) in [5.41, 5.74) is 0. The molecule has 0 aromatic carbocycles. The van der Waals surface area contributed by atoms with Gasteiger partial charge in [-0.1, -0.05) is 12.8 Å². The Labute approximate surface area is 139 Å². The zero-order valence-corrected chi connectivity index (χ0v) is 14.8. The van der Waals surface area contributed by atoms with Crippen LogP contribution < -0.4 is 10.6 Å². The molecule has 2 saturated heterocycles. The zero-order chi connectivity index (χ0) is 13.1. The number of halogens is 1. The van der Waals surface area contributed by atoms with Crippen LogP contribution in [0.15, 0.2) is 4.99 Å². The normalized spacial score (nSPS) is 32.0. The van der Waals surface area contributed by atoms with E-state index in [9.17, 15) is 0 Å². The molecule has 1 saturated carbocycles. The van der Waals surface area contributed by atoms with Crippen LogP contribution in [0.2, 0.25) is 0 Å². The number of guanidine groups is 1. The van der Waals surface area contributed by atoms with Crippen molar-refractivity contribution >= 4 is 29.9 Å². The molecule has 0 spiro atoms. The third-order valence-electron chi connectivity index (χ3n) is 4.51. The first-order chi connectivity index (χ1) is 9.35. The van der Waals surface area contributed by atoms with Crippen molar-refractivity contribution in [1.29, 1.82) is 0 Å². The molecule has 0 aromatic rings. The molecule has 3 rings (SSSR count). The van der Waals surface area contributed by atoms with Crippen LogP contribution in [0.3, 0.4) is 0 Å². The van der Waals surface area contributed by atoms with E-state index < -0.39 is 0 Å². The van der Waals surface area contributed by atoms with Crippen LogP contribution in [0.25, 0.3) is 0 Å². The Hall–Kier alpha value is -0.0400. The largest absolute Gasteiger partial charge is 0.373 e. The molecule has 3 unspecified atom stereocenters. The van der Waals surface area contributed by atoms with E-state index in [-0.39, 0.29) is 24.0 Å². The maximum atomic E-state index is 5.88. The van der Waals surface area contributed by atoms with Crippen molar-refractivity contribution in [3.05, 3.63) is 0 Å². The van der Waals surface area contributed by atoms with Crippen molar-refractivity contribution in [3.63, 3.8) is 0 Å². The minimum Gasteiger partial charge on any atom is -0.373 e. The molecule has 2 heterocycles. The molecule has 116 valence electrons. The maximum absolute atomic E-state index is 5.88. The summed E-state index contributed by atoms with van der Waals surface area (Å²) in [6, 6.07) is 0.472. The summed E-state index contributed by atoms with van der Waals surface area (Å²) in [5, 5.41) is 6.92. The van der Waals surface area contributed by atoms with Gasteiger partial charge in [0.05, 0.1) is 18.2 Å². The summed E-state index contributed by atoms with van der Waals surface area (Å²) in [5.74, 6) is 2.00. The smallest absolute Gasteiger partial charge is 0.191 e. The van der Waals surface area contributed by atoms with Gasteiger partial charge in [0.2, 0.25) is 0 Å². The van der Waals surface area contributed by atoms with E-state index in [4.69, 9.17) is 9.73 Å². The van der Waals surface area contributed by atoms with E-state index in [1.54, 1.807) is 0 Å². The van der Waals surface area contributed by atoms with Gasteiger partial charge in [-0.15, -0.1) is 24.0 Å². The van der Waals surface area contributed by atoms with Gasteiger partial charge in [-0.2, -0.15) is 0 Å². The van der Waals surface area contributed by atoms with Crippen molar-refractivity contribution in [2.75, 3.05) is 13.1 Å². The quantitative estimate of drug-likeness (QED) is 0.316. The second-order valence-corrected chi connectivity index (χ2v) is 6.21. The molecule has 0 aromatic heterocycles. The van der Waals surface area contributed by atoms with Crippen LogP contribution in [-0.2, 0) is 4.74 Å². The topological polar surface area (TPSA) is 45.7 Å². The number of nitrogens with one attached hydrogen (secondary N) is 2. The molecule has 5 heteroatoms. The zero-order valence-electron chi connectivity index (χ0n) is 12.4. The van der Waals surface area contributed by atoms with Crippen LogP contribution in [0, 0.1) is 5.92 Å². The molecule has 3 atom stereocenters. The molecule has 3 aliphatic rings. The number of fused-ring (bicyclic) bond motifs is 2. The molecule has 3 fully saturated rings. The lowest BCUT2D eigenvalue weighted by Gasteiger charge is -2.22. The summed E-state index contributed by atoms with van der Waals surface area (Å²) in [6.07, 6.45) is 10.0. The van der Waals surface area contributed by atoms with Gasteiger partial charge in [0.25, 0.3) is 0 Å². The molecule has 0 radical (unpaired) electrons. The minimum absolute atomic E-state index is 0. The van der Waals surface area contributed by atoms with Crippen LogP contribution in [-0.4, -0.2) is 37.3 Å². The van der Waals surface area contributed by atoms with E-state index >= 15 is 0 Å².